The van der Waals surface area contributed by atoms with Crippen LogP contribution in [-0.4, -0.2) is 47.7 Å². The number of hydrogen-bond donors (Lipinski definition) is 0. The molecule has 1 saturated heterocycles. The smallest absolute Gasteiger partial charge is 0.254 e. The first-order chi connectivity index (χ1) is 12.2. The van der Waals surface area contributed by atoms with Crippen LogP contribution in [0, 0.1) is 0 Å². The molecule has 0 saturated carbocycles. The average Bonchev–Trinajstić information content (AvgIpc) is 2.99. The molecule has 0 aromatic heterocycles. The standard InChI is InChI=1S/C20H30N2O.CH2O/c1-3-17-10-7-11-18(4-2)22(17)14-8-13-21-15-16-9-5-6-12-19(16)20(21)23;1-2/h5-6,9,12,17-18H,3-4,7-8,10-11,13-15H2,1-2H3;1H2. The van der Waals surface area contributed by atoms with Gasteiger partial charge in [0, 0.05) is 37.3 Å². The number of likely N-dealkylation sites (tertiary alicyclic amines) is 1. The van der Waals surface area contributed by atoms with E-state index in [0.29, 0.717) is 0 Å². The van der Waals surface area contributed by atoms with E-state index in [-0.39, 0.29) is 5.91 Å². The summed E-state index contributed by atoms with van der Waals surface area (Å²) in [6, 6.07) is 9.54. The molecule has 2 atom stereocenters. The molecule has 0 aliphatic carbocycles. The van der Waals surface area contributed by atoms with E-state index in [1.165, 1.54) is 37.7 Å². The number of rotatable bonds is 6. The van der Waals surface area contributed by atoms with Gasteiger partial charge in [-0.1, -0.05) is 38.5 Å². The highest BCUT2D eigenvalue weighted by Gasteiger charge is 2.29. The van der Waals surface area contributed by atoms with Gasteiger partial charge in [0.1, 0.15) is 6.79 Å². The van der Waals surface area contributed by atoms with Crippen molar-refractivity contribution < 1.29 is 9.59 Å². The van der Waals surface area contributed by atoms with Gasteiger partial charge >= 0.3 is 0 Å². The second-order valence-corrected chi connectivity index (χ2v) is 7.03. The molecular formula is C21H32N2O2. The summed E-state index contributed by atoms with van der Waals surface area (Å²) in [6.45, 7) is 9.45. The van der Waals surface area contributed by atoms with Gasteiger partial charge in [-0.2, -0.15) is 0 Å². The molecule has 4 heteroatoms. The molecule has 2 unspecified atom stereocenters. The number of benzene rings is 1. The zero-order valence-corrected chi connectivity index (χ0v) is 15.7. The lowest BCUT2D eigenvalue weighted by Gasteiger charge is -2.42. The Morgan fingerprint density at radius 3 is 2.28 bits per heavy atom. The summed E-state index contributed by atoms with van der Waals surface area (Å²) in [4.78, 5) is 25.2. The molecule has 2 aliphatic heterocycles. The van der Waals surface area contributed by atoms with Crippen LogP contribution in [0.15, 0.2) is 24.3 Å². The summed E-state index contributed by atoms with van der Waals surface area (Å²) in [5.41, 5.74) is 2.09. The van der Waals surface area contributed by atoms with Crippen LogP contribution >= 0.6 is 0 Å². The summed E-state index contributed by atoms with van der Waals surface area (Å²) >= 11 is 0. The van der Waals surface area contributed by atoms with Crippen LogP contribution in [-0.2, 0) is 11.3 Å². The van der Waals surface area contributed by atoms with E-state index >= 15 is 0 Å². The van der Waals surface area contributed by atoms with Crippen LogP contribution in [0.25, 0.3) is 0 Å². The summed E-state index contributed by atoms with van der Waals surface area (Å²) in [5.74, 6) is 0.221. The van der Waals surface area contributed by atoms with E-state index in [9.17, 15) is 4.79 Å². The van der Waals surface area contributed by atoms with Crippen molar-refractivity contribution in [1.29, 1.82) is 0 Å². The minimum Gasteiger partial charge on any atom is -0.334 e. The Labute approximate surface area is 152 Å². The first-order valence-corrected chi connectivity index (χ1v) is 9.66. The van der Waals surface area contributed by atoms with Crippen molar-refractivity contribution in [3.63, 3.8) is 0 Å². The lowest BCUT2D eigenvalue weighted by Crippen LogP contribution is -2.47. The van der Waals surface area contributed by atoms with E-state index in [1.807, 2.05) is 29.9 Å². The van der Waals surface area contributed by atoms with Gasteiger partial charge in [-0.3, -0.25) is 9.69 Å². The Morgan fingerprint density at radius 2 is 1.68 bits per heavy atom. The molecule has 0 spiro atoms. The molecule has 2 heterocycles. The first kappa shape index (κ1) is 19.6. The third-order valence-corrected chi connectivity index (χ3v) is 5.70. The molecule has 1 aromatic rings. The van der Waals surface area contributed by atoms with E-state index in [4.69, 9.17) is 4.79 Å². The maximum Gasteiger partial charge on any atom is 0.254 e. The highest BCUT2D eigenvalue weighted by Crippen LogP contribution is 2.27. The van der Waals surface area contributed by atoms with Crippen LogP contribution in [0.3, 0.4) is 0 Å². The molecule has 0 N–H and O–H groups in total. The number of hydrogen-bond acceptors (Lipinski definition) is 3. The van der Waals surface area contributed by atoms with Gasteiger partial charge in [-0.25, -0.2) is 0 Å². The molecule has 1 fully saturated rings. The van der Waals surface area contributed by atoms with Gasteiger partial charge < -0.3 is 9.69 Å². The summed E-state index contributed by atoms with van der Waals surface area (Å²) < 4.78 is 0. The van der Waals surface area contributed by atoms with Gasteiger partial charge in [-0.05, 0) is 43.7 Å². The highest BCUT2D eigenvalue weighted by molar-refractivity contribution is 5.98. The molecule has 25 heavy (non-hydrogen) atoms. The minimum absolute atomic E-state index is 0.221. The van der Waals surface area contributed by atoms with Gasteiger partial charge in [-0.15, -0.1) is 0 Å². The number of carbonyl (C=O) groups excluding carboxylic acids is 2. The van der Waals surface area contributed by atoms with Crippen molar-refractivity contribution >= 4 is 12.7 Å². The normalized spacial score (nSPS) is 23.1. The predicted molar refractivity (Wildman–Crippen MR) is 102 cm³/mol. The fraction of sp³-hybridized carbons (Fsp3) is 0.619. The Bertz CT molecular complexity index is 549. The Morgan fingerprint density at radius 1 is 1.04 bits per heavy atom. The van der Waals surface area contributed by atoms with Crippen LogP contribution in [0.2, 0.25) is 0 Å². The van der Waals surface area contributed by atoms with Crippen LogP contribution in [0.4, 0.5) is 0 Å². The third-order valence-electron chi connectivity index (χ3n) is 5.70. The monoisotopic (exact) mass is 344 g/mol. The molecule has 138 valence electrons. The molecule has 1 amide bonds. The van der Waals surface area contributed by atoms with Crippen LogP contribution in [0.1, 0.15) is 68.3 Å². The van der Waals surface area contributed by atoms with E-state index in [0.717, 1.165) is 43.7 Å². The van der Waals surface area contributed by atoms with Crippen molar-refractivity contribution in [3.8, 4) is 0 Å². The fourth-order valence-corrected chi connectivity index (χ4v) is 4.40. The van der Waals surface area contributed by atoms with Crippen molar-refractivity contribution in [2.24, 2.45) is 0 Å². The van der Waals surface area contributed by atoms with E-state index in [2.05, 4.69) is 24.8 Å². The predicted octanol–water partition coefficient (Wildman–Crippen LogP) is 3.89. The SMILES string of the molecule is C=O.CCC1CCCC(CC)N1CCCN1Cc2ccccc2C1=O. The second kappa shape index (κ2) is 9.71. The molecule has 1 aromatic carbocycles. The highest BCUT2D eigenvalue weighted by atomic mass is 16.2. The molecule has 3 rings (SSSR count). The Balaban J connectivity index is 0.00000109. The molecule has 0 radical (unpaired) electrons. The maximum atomic E-state index is 12.4. The van der Waals surface area contributed by atoms with E-state index < -0.39 is 0 Å². The summed E-state index contributed by atoms with van der Waals surface area (Å²) in [5, 5.41) is 0. The maximum absolute atomic E-state index is 12.4. The lowest BCUT2D eigenvalue weighted by molar-refractivity contribution is -0.0980. The zero-order valence-electron chi connectivity index (χ0n) is 15.7. The van der Waals surface area contributed by atoms with E-state index in [1.54, 1.807) is 0 Å². The number of carbonyl (C=O) groups is 2. The minimum atomic E-state index is 0.221. The lowest BCUT2D eigenvalue weighted by atomic mass is 9.92. The van der Waals surface area contributed by atoms with Crippen LogP contribution in [0.5, 0.6) is 0 Å². The van der Waals surface area contributed by atoms with Crippen molar-refractivity contribution in [2.45, 2.75) is 71.0 Å². The molecule has 0 bridgehead atoms. The summed E-state index contributed by atoms with van der Waals surface area (Å²) in [6.07, 6.45) is 7.68. The Hall–Kier alpha value is -1.68. The zero-order chi connectivity index (χ0) is 18.2. The van der Waals surface area contributed by atoms with Crippen molar-refractivity contribution in [3.05, 3.63) is 35.4 Å². The number of fused-ring (bicyclic) bond motifs is 1. The van der Waals surface area contributed by atoms with Gasteiger partial charge in [0.05, 0.1) is 0 Å². The number of piperidine rings is 1. The van der Waals surface area contributed by atoms with Gasteiger partial charge in [0.15, 0.2) is 0 Å². The van der Waals surface area contributed by atoms with Crippen LogP contribution < -0.4 is 0 Å². The quantitative estimate of drug-likeness (QED) is 0.786. The number of amides is 1. The first-order valence-electron chi connectivity index (χ1n) is 9.66. The van der Waals surface area contributed by atoms with Gasteiger partial charge in [0.2, 0.25) is 0 Å². The summed E-state index contributed by atoms with van der Waals surface area (Å²) in [7, 11) is 0. The largest absolute Gasteiger partial charge is 0.334 e. The number of nitrogens with zero attached hydrogens (tertiary/aromatic N) is 2. The average molecular weight is 344 g/mol. The second-order valence-electron chi connectivity index (χ2n) is 7.03. The molecular weight excluding hydrogens is 312 g/mol. The topological polar surface area (TPSA) is 40.6 Å². The molecule has 2 aliphatic rings. The van der Waals surface area contributed by atoms with Crippen molar-refractivity contribution in [2.75, 3.05) is 13.1 Å². The van der Waals surface area contributed by atoms with Gasteiger partial charge in [0.25, 0.3) is 5.91 Å². The Kier molecular flexibility index (Phi) is 7.63. The van der Waals surface area contributed by atoms with Crippen molar-refractivity contribution in [1.82, 2.24) is 9.80 Å². The fourth-order valence-electron chi connectivity index (χ4n) is 4.40. The molecule has 4 nitrogen and oxygen atoms in total. The third kappa shape index (κ3) is 4.49.